The third kappa shape index (κ3) is 3.17. The van der Waals surface area contributed by atoms with E-state index in [0.717, 1.165) is 32.1 Å². The fourth-order valence-corrected chi connectivity index (χ4v) is 3.28. The Morgan fingerprint density at radius 2 is 2.00 bits per heavy atom. The molecule has 0 N–H and O–H groups in total. The maximum Gasteiger partial charge on any atom is 0.0469 e. The molecule has 0 aliphatic carbocycles. The fourth-order valence-electron chi connectivity index (χ4n) is 3.28. The number of rotatable bonds is 4. The molecular formula is C18H29NO. The number of aromatic nitrogens is 1. The Hall–Kier alpha value is -1.02. The van der Waals surface area contributed by atoms with E-state index in [2.05, 4.69) is 44.9 Å². The fraction of sp³-hybridized carbons (Fsp3) is 0.667. The van der Waals surface area contributed by atoms with Gasteiger partial charge in [-0.2, -0.15) is 0 Å². The molecule has 1 aromatic rings. The van der Waals surface area contributed by atoms with E-state index in [1.165, 1.54) is 34.7 Å². The van der Waals surface area contributed by atoms with E-state index >= 15 is 0 Å². The van der Waals surface area contributed by atoms with E-state index in [1.807, 2.05) is 0 Å². The minimum atomic E-state index is 0.558. The Kier molecular flexibility index (Phi) is 5.09. The predicted molar refractivity (Wildman–Crippen MR) is 86.2 cm³/mol. The summed E-state index contributed by atoms with van der Waals surface area (Å²) in [6, 6.07) is 0. The van der Waals surface area contributed by atoms with Gasteiger partial charge in [-0.25, -0.2) is 0 Å². The third-order valence-electron chi connectivity index (χ3n) is 4.43. The van der Waals surface area contributed by atoms with Gasteiger partial charge >= 0.3 is 0 Å². The molecule has 0 spiro atoms. The second-order valence-electron chi connectivity index (χ2n) is 6.36. The summed E-state index contributed by atoms with van der Waals surface area (Å²) >= 11 is 0. The van der Waals surface area contributed by atoms with Crippen LogP contribution in [0.25, 0.3) is 12.7 Å². The maximum absolute atomic E-state index is 5.48. The molecule has 2 nitrogen and oxygen atoms in total. The number of nitrogens with zero attached hydrogens (tertiary/aromatic N) is 1. The zero-order valence-corrected chi connectivity index (χ0v) is 13.5. The summed E-state index contributed by atoms with van der Waals surface area (Å²) in [7, 11) is 0. The highest BCUT2D eigenvalue weighted by Crippen LogP contribution is 2.17. The lowest BCUT2D eigenvalue weighted by Gasteiger charge is -2.23. The first-order chi connectivity index (χ1) is 9.54. The Labute approximate surface area is 123 Å². The zero-order chi connectivity index (χ0) is 14.7. The second-order valence-corrected chi connectivity index (χ2v) is 6.36. The van der Waals surface area contributed by atoms with Crippen LogP contribution >= 0.6 is 0 Å². The lowest BCUT2D eigenvalue weighted by atomic mass is 10.0. The van der Waals surface area contributed by atoms with Gasteiger partial charge in [0.25, 0.3) is 0 Å². The van der Waals surface area contributed by atoms with Crippen molar-refractivity contribution < 1.29 is 4.74 Å². The molecule has 1 aliphatic heterocycles. The van der Waals surface area contributed by atoms with Gasteiger partial charge in [-0.05, 0) is 48.8 Å². The van der Waals surface area contributed by atoms with Gasteiger partial charge in [0, 0.05) is 30.8 Å². The average Bonchev–Trinajstić information content (AvgIpc) is 2.63. The van der Waals surface area contributed by atoms with Crippen molar-refractivity contribution in [2.75, 3.05) is 13.2 Å². The van der Waals surface area contributed by atoms with E-state index in [4.69, 9.17) is 4.74 Å². The van der Waals surface area contributed by atoms with Gasteiger partial charge in [0.05, 0.1) is 0 Å². The lowest BCUT2D eigenvalue weighted by Crippen LogP contribution is -2.33. The van der Waals surface area contributed by atoms with Crippen LogP contribution in [-0.4, -0.2) is 17.8 Å². The molecule has 2 rings (SSSR count). The van der Waals surface area contributed by atoms with Crippen molar-refractivity contribution in [2.45, 2.75) is 53.5 Å². The molecule has 20 heavy (non-hydrogen) atoms. The van der Waals surface area contributed by atoms with Crippen molar-refractivity contribution >= 4 is 12.7 Å². The van der Waals surface area contributed by atoms with Gasteiger partial charge in [-0.1, -0.05) is 33.4 Å². The van der Waals surface area contributed by atoms with Crippen molar-refractivity contribution in [3.8, 4) is 0 Å². The molecule has 1 saturated heterocycles. The largest absolute Gasteiger partial charge is 0.381 e. The Balaban J connectivity index is 2.42. The SMILES string of the molecule is C=c1c(CC)c(C)n(CC2CCOCC2)/c1=C/C(C)C. The normalized spacial score (nSPS) is 18.1. The predicted octanol–water partition coefficient (Wildman–Crippen LogP) is 2.63. The summed E-state index contributed by atoms with van der Waals surface area (Å²) in [5.41, 5.74) is 2.85. The molecule has 0 bridgehead atoms. The molecule has 2 heteroatoms. The Morgan fingerprint density at radius 1 is 1.35 bits per heavy atom. The zero-order valence-electron chi connectivity index (χ0n) is 13.5. The summed E-state index contributed by atoms with van der Waals surface area (Å²) in [6.45, 7) is 16.3. The lowest BCUT2D eigenvalue weighted by molar-refractivity contribution is 0.0609. The van der Waals surface area contributed by atoms with Crippen LogP contribution < -0.4 is 10.6 Å². The summed E-state index contributed by atoms with van der Waals surface area (Å²) in [4.78, 5) is 0. The van der Waals surface area contributed by atoms with Crippen LogP contribution in [0.4, 0.5) is 0 Å². The summed E-state index contributed by atoms with van der Waals surface area (Å²) < 4.78 is 7.99. The third-order valence-corrected chi connectivity index (χ3v) is 4.43. The average molecular weight is 275 g/mol. The van der Waals surface area contributed by atoms with Crippen molar-refractivity contribution in [3.05, 3.63) is 21.8 Å². The van der Waals surface area contributed by atoms with Crippen LogP contribution in [0.5, 0.6) is 0 Å². The van der Waals surface area contributed by atoms with Crippen molar-refractivity contribution in [2.24, 2.45) is 11.8 Å². The van der Waals surface area contributed by atoms with Gasteiger partial charge in [0.2, 0.25) is 0 Å². The van der Waals surface area contributed by atoms with E-state index in [0.29, 0.717) is 5.92 Å². The molecule has 1 aliphatic rings. The molecule has 1 aromatic heterocycles. The molecule has 1 fully saturated rings. The van der Waals surface area contributed by atoms with E-state index in [1.54, 1.807) is 0 Å². The van der Waals surface area contributed by atoms with Crippen LogP contribution in [0, 0.1) is 18.8 Å². The van der Waals surface area contributed by atoms with E-state index < -0.39 is 0 Å². The first kappa shape index (κ1) is 15.4. The summed E-state index contributed by atoms with van der Waals surface area (Å²) in [5, 5.41) is 2.59. The molecule has 112 valence electrons. The monoisotopic (exact) mass is 275 g/mol. The molecule has 0 radical (unpaired) electrons. The van der Waals surface area contributed by atoms with Crippen molar-refractivity contribution in [1.82, 2.24) is 4.57 Å². The van der Waals surface area contributed by atoms with E-state index in [9.17, 15) is 0 Å². The smallest absolute Gasteiger partial charge is 0.0469 e. The van der Waals surface area contributed by atoms with E-state index in [-0.39, 0.29) is 0 Å². The molecule has 0 amide bonds. The maximum atomic E-state index is 5.48. The first-order valence-electron chi connectivity index (χ1n) is 8.01. The minimum Gasteiger partial charge on any atom is -0.381 e. The summed E-state index contributed by atoms with van der Waals surface area (Å²) in [5.74, 6) is 1.31. The molecule has 0 unspecified atom stereocenters. The van der Waals surface area contributed by atoms with Crippen molar-refractivity contribution in [1.29, 1.82) is 0 Å². The number of ether oxygens (including phenoxy) is 1. The Morgan fingerprint density at radius 3 is 2.55 bits per heavy atom. The van der Waals surface area contributed by atoms with Crippen LogP contribution in [0.2, 0.25) is 0 Å². The molecule has 0 atom stereocenters. The summed E-state index contributed by atoms with van der Waals surface area (Å²) in [6.07, 6.45) is 5.82. The van der Waals surface area contributed by atoms with Crippen LogP contribution in [0.1, 0.15) is 44.9 Å². The highest BCUT2D eigenvalue weighted by Gasteiger charge is 2.17. The quantitative estimate of drug-likeness (QED) is 0.824. The van der Waals surface area contributed by atoms with Crippen LogP contribution in [-0.2, 0) is 17.7 Å². The highest BCUT2D eigenvalue weighted by atomic mass is 16.5. The van der Waals surface area contributed by atoms with Crippen molar-refractivity contribution in [3.63, 3.8) is 0 Å². The van der Waals surface area contributed by atoms with Gasteiger partial charge < -0.3 is 9.30 Å². The Bertz CT molecular complexity index is 547. The van der Waals surface area contributed by atoms with Gasteiger partial charge in [-0.3, -0.25) is 0 Å². The number of hydrogen-bond donors (Lipinski definition) is 0. The molecule has 2 heterocycles. The van der Waals surface area contributed by atoms with Gasteiger partial charge in [0.15, 0.2) is 0 Å². The number of hydrogen-bond acceptors (Lipinski definition) is 1. The van der Waals surface area contributed by atoms with Gasteiger partial charge in [-0.15, -0.1) is 0 Å². The second kappa shape index (κ2) is 6.62. The minimum absolute atomic E-state index is 0.558. The highest BCUT2D eigenvalue weighted by molar-refractivity contribution is 5.34. The standard InChI is InChI=1S/C18H29NO/c1-6-17-14(4)18(11-13(2)3)19(15(17)5)12-16-7-9-20-10-8-16/h11,13,16H,4,6-10,12H2,1-3,5H3/b18-11+. The van der Waals surface area contributed by atoms with Crippen LogP contribution in [0.3, 0.4) is 0 Å². The molecule has 0 aromatic carbocycles. The van der Waals surface area contributed by atoms with Crippen LogP contribution in [0.15, 0.2) is 0 Å². The van der Waals surface area contributed by atoms with Gasteiger partial charge in [0.1, 0.15) is 0 Å². The topological polar surface area (TPSA) is 14.2 Å². The molecule has 0 saturated carbocycles. The molecular weight excluding hydrogens is 246 g/mol. The first-order valence-corrected chi connectivity index (χ1v) is 8.01.